The first-order chi connectivity index (χ1) is 7.64. The van der Waals surface area contributed by atoms with Gasteiger partial charge in [-0.2, -0.15) is 0 Å². The van der Waals surface area contributed by atoms with Gasteiger partial charge in [0.05, 0.1) is 5.69 Å². The van der Waals surface area contributed by atoms with Gasteiger partial charge in [-0.1, -0.05) is 0 Å². The fourth-order valence-corrected chi connectivity index (χ4v) is 3.89. The summed E-state index contributed by atoms with van der Waals surface area (Å²) in [5.74, 6) is -0.728. The van der Waals surface area contributed by atoms with Gasteiger partial charge in [0.15, 0.2) is 9.84 Å². The number of carbonyl (C=O) groups excluding carboxylic acids is 1. The van der Waals surface area contributed by atoms with E-state index in [1.807, 2.05) is 13.8 Å². The summed E-state index contributed by atoms with van der Waals surface area (Å²) in [6.45, 7) is 3.71. The van der Waals surface area contributed by atoms with Crippen LogP contribution in [0, 0.1) is 0 Å². The van der Waals surface area contributed by atoms with Crippen LogP contribution in [0.4, 0.5) is 10.7 Å². The Morgan fingerprint density at radius 2 is 1.94 bits per heavy atom. The first-order valence-electron chi connectivity index (χ1n) is 4.83. The van der Waals surface area contributed by atoms with Crippen molar-refractivity contribution in [1.82, 2.24) is 0 Å². The molecule has 0 atom stereocenters. The van der Waals surface area contributed by atoms with Crippen LogP contribution in [0.1, 0.15) is 23.5 Å². The third-order valence-corrected chi connectivity index (χ3v) is 4.36. The van der Waals surface area contributed by atoms with E-state index in [1.54, 1.807) is 0 Å². The van der Waals surface area contributed by atoms with Crippen LogP contribution in [-0.4, -0.2) is 26.6 Å². The van der Waals surface area contributed by atoms with Crippen LogP contribution in [-0.2, 0) is 9.84 Å². The topological polar surface area (TPSA) is 115 Å². The third kappa shape index (κ3) is 2.89. The van der Waals surface area contributed by atoms with E-state index in [9.17, 15) is 13.2 Å². The number of amides is 1. The lowest BCUT2D eigenvalue weighted by molar-refractivity contribution is 0.100. The molecule has 0 bridgehead atoms. The van der Waals surface area contributed by atoms with Crippen LogP contribution < -0.4 is 16.8 Å². The molecule has 1 rings (SSSR count). The van der Waals surface area contributed by atoms with E-state index in [1.165, 1.54) is 0 Å². The van der Waals surface area contributed by atoms with Crippen molar-refractivity contribution in [2.75, 3.05) is 17.3 Å². The molecule has 0 saturated carbocycles. The summed E-state index contributed by atoms with van der Waals surface area (Å²) in [5, 5.41) is 3.30. The highest BCUT2D eigenvalue weighted by molar-refractivity contribution is 7.91. The Bertz CT molecular complexity index is 546. The molecule has 1 amide bonds. The lowest BCUT2D eigenvalue weighted by Crippen LogP contribution is -2.13. The fraction of sp³-hybridized carbons (Fsp3) is 0.444. The van der Waals surface area contributed by atoms with Gasteiger partial charge in [-0.3, -0.25) is 4.79 Å². The summed E-state index contributed by atoms with van der Waals surface area (Å²) in [5.41, 5.74) is 10.7. The van der Waals surface area contributed by atoms with E-state index in [2.05, 4.69) is 5.32 Å². The van der Waals surface area contributed by atoms with Gasteiger partial charge in [0.2, 0.25) is 0 Å². The molecule has 0 aliphatic rings. The SMILES string of the molecule is CC(C)Nc1sc(C(N)=O)c(N)c1S(C)(=O)=O. The van der Waals surface area contributed by atoms with Crippen molar-refractivity contribution in [2.45, 2.75) is 24.8 Å². The smallest absolute Gasteiger partial charge is 0.261 e. The number of hydrogen-bond acceptors (Lipinski definition) is 6. The lowest BCUT2D eigenvalue weighted by Gasteiger charge is -2.09. The Morgan fingerprint density at radius 1 is 1.41 bits per heavy atom. The zero-order chi connectivity index (χ0) is 13.4. The van der Waals surface area contributed by atoms with E-state index in [-0.39, 0.29) is 21.5 Å². The summed E-state index contributed by atoms with van der Waals surface area (Å²) >= 11 is 0.960. The lowest BCUT2D eigenvalue weighted by atomic mass is 10.3. The van der Waals surface area contributed by atoms with Crippen molar-refractivity contribution >= 4 is 37.8 Å². The molecule has 0 aliphatic heterocycles. The van der Waals surface area contributed by atoms with Crippen molar-refractivity contribution in [1.29, 1.82) is 0 Å². The number of nitrogens with two attached hydrogens (primary N) is 2. The van der Waals surface area contributed by atoms with Crippen LogP contribution in [0.2, 0.25) is 0 Å². The first-order valence-corrected chi connectivity index (χ1v) is 7.54. The normalized spacial score (nSPS) is 11.8. The average molecular weight is 277 g/mol. The summed E-state index contributed by atoms with van der Waals surface area (Å²) in [4.78, 5) is 11.1. The number of anilines is 2. The minimum Gasteiger partial charge on any atom is -0.396 e. The highest BCUT2D eigenvalue weighted by atomic mass is 32.2. The molecular formula is C9H15N3O3S2. The maximum atomic E-state index is 11.6. The Kier molecular flexibility index (Phi) is 3.68. The molecule has 0 fully saturated rings. The number of thiophene rings is 1. The van der Waals surface area contributed by atoms with E-state index >= 15 is 0 Å². The standard InChI is InChI=1S/C9H15N3O3S2/c1-4(2)12-9-7(17(3,14)15)5(10)6(16-9)8(11)13/h4,12H,10H2,1-3H3,(H2,11,13). The molecular weight excluding hydrogens is 262 g/mol. The Hall–Kier alpha value is -1.28. The number of hydrogen-bond donors (Lipinski definition) is 3. The first kappa shape index (κ1) is 13.8. The van der Waals surface area contributed by atoms with E-state index < -0.39 is 15.7 Å². The Balaban J connectivity index is 3.48. The maximum absolute atomic E-state index is 11.6. The fourth-order valence-electron chi connectivity index (χ4n) is 1.34. The molecule has 1 aromatic heterocycles. The molecule has 0 aromatic carbocycles. The number of nitrogen functional groups attached to an aromatic ring is 1. The molecule has 96 valence electrons. The summed E-state index contributed by atoms with van der Waals surface area (Å²) in [6.07, 6.45) is 1.04. The van der Waals surface area contributed by atoms with Crippen molar-refractivity contribution in [3.05, 3.63) is 4.88 Å². The number of sulfone groups is 1. The predicted octanol–water partition coefficient (Wildman–Crippen LogP) is 0.653. The van der Waals surface area contributed by atoms with Gasteiger partial charge in [-0.05, 0) is 13.8 Å². The minimum atomic E-state index is -3.51. The number of carbonyl (C=O) groups is 1. The van der Waals surface area contributed by atoms with Gasteiger partial charge in [-0.25, -0.2) is 8.42 Å². The molecule has 0 aliphatic carbocycles. The molecule has 8 heteroatoms. The van der Waals surface area contributed by atoms with Gasteiger partial charge < -0.3 is 16.8 Å². The van der Waals surface area contributed by atoms with Crippen LogP contribution in [0.15, 0.2) is 4.90 Å². The van der Waals surface area contributed by atoms with Crippen molar-refractivity contribution in [3.63, 3.8) is 0 Å². The van der Waals surface area contributed by atoms with Gasteiger partial charge >= 0.3 is 0 Å². The van der Waals surface area contributed by atoms with E-state index in [0.717, 1.165) is 17.6 Å². The summed E-state index contributed by atoms with van der Waals surface area (Å²) < 4.78 is 23.3. The van der Waals surface area contributed by atoms with Gasteiger partial charge in [0.1, 0.15) is 14.8 Å². The second-order valence-corrected chi connectivity index (χ2v) is 6.91. The molecule has 0 unspecified atom stereocenters. The molecule has 6 nitrogen and oxygen atoms in total. The second-order valence-electron chi connectivity index (χ2n) is 3.94. The largest absolute Gasteiger partial charge is 0.396 e. The maximum Gasteiger partial charge on any atom is 0.261 e. The van der Waals surface area contributed by atoms with Gasteiger partial charge in [0, 0.05) is 12.3 Å². The molecule has 5 N–H and O–H groups in total. The van der Waals surface area contributed by atoms with Gasteiger partial charge in [0.25, 0.3) is 5.91 Å². The van der Waals surface area contributed by atoms with E-state index in [0.29, 0.717) is 5.00 Å². The van der Waals surface area contributed by atoms with Crippen molar-refractivity contribution < 1.29 is 13.2 Å². The molecule has 0 spiro atoms. The quantitative estimate of drug-likeness (QED) is 0.747. The minimum absolute atomic E-state index is 0.0225. The number of rotatable bonds is 4. The summed E-state index contributed by atoms with van der Waals surface area (Å²) in [7, 11) is -3.51. The van der Waals surface area contributed by atoms with Crippen LogP contribution >= 0.6 is 11.3 Å². The molecule has 1 aromatic rings. The van der Waals surface area contributed by atoms with Crippen LogP contribution in [0.25, 0.3) is 0 Å². The molecule has 0 radical (unpaired) electrons. The zero-order valence-corrected chi connectivity index (χ0v) is 11.4. The monoisotopic (exact) mass is 277 g/mol. The average Bonchev–Trinajstić information content (AvgIpc) is 2.40. The van der Waals surface area contributed by atoms with Gasteiger partial charge in [-0.15, -0.1) is 11.3 Å². The predicted molar refractivity (Wildman–Crippen MR) is 69.1 cm³/mol. The molecule has 1 heterocycles. The second kappa shape index (κ2) is 4.53. The highest BCUT2D eigenvalue weighted by Gasteiger charge is 2.26. The Labute approximate surface area is 104 Å². The molecule has 17 heavy (non-hydrogen) atoms. The summed E-state index contributed by atoms with van der Waals surface area (Å²) in [6, 6.07) is 0.0225. The third-order valence-electron chi connectivity index (χ3n) is 1.91. The Morgan fingerprint density at radius 3 is 2.29 bits per heavy atom. The van der Waals surface area contributed by atoms with Crippen LogP contribution in [0.3, 0.4) is 0 Å². The van der Waals surface area contributed by atoms with E-state index in [4.69, 9.17) is 11.5 Å². The number of primary amides is 1. The van der Waals surface area contributed by atoms with Crippen molar-refractivity contribution in [3.8, 4) is 0 Å². The zero-order valence-electron chi connectivity index (χ0n) is 9.77. The van der Waals surface area contributed by atoms with Crippen LogP contribution in [0.5, 0.6) is 0 Å². The molecule has 0 saturated heterocycles. The number of nitrogens with one attached hydrogen (secondary N) is 1. The highest BCUT2D eigenvalue weighted by Crippen LogP contribution is 2.39. The van der Waals surface area contributed by atoms with Crippen molar-refractivity contribution in [2.24, 2.45) is 5.73 Å².